The van der Waals surface area contributed by atoms with Gasteiger partial charge in [-0.15, -0.1) is 0 Å². The van der Waals surface area contributed by atoms with Crippen molar-refractivity contribution >= 4 is 5.95 Å². The molecule has 102 valence electrons. The molecule has 1 atom stereocenters. The van der Waals surface area contributed by atoms with Crippen molar-refractivity contribution in [2.24, 2.45) is 5.92 Å². The van der Waals surface area contributed by atoms with Crippen LogP contribution >= 0.6 is 0 Å². The Balaban J connectivity index is 2.68. The first-order valence-electron chi connectivity index (χ1n) is 6.29. The molecule has 1 aromatic rings. The Hall–Kier alpha value is -1.36. The van der Waals surface area contributed by atoms with Gasteiger partial charge in [0.05, 0.1) is 7.11 Å². The Morgan fingerprint density at radius 1 is 1.39 bits per heavy atom. The summed E-state index contributed by atoms with van der Waals surface area (Å²) < 4.78 is 5.10. The first kappa shape index (κ1) is 14.7. The lowest BCUT2D eigenvalue weighted by Gasteiger charge is -2.23. The first-order chi connectivity index (χ1) is 8.51. The molecule has 0 aliphatic carbocycles. The molecule has 0 aliphatic rings. The van der Waals surface area contributed by atoms with Crippen molar-refractivity contribution in [3.63, 3.8) is 0 Å². The van der Waals surface area contributed by atoms with Gasteiger partial charge in [0, 0.05) is 24.8 Å². The zero-order valence-corrected chi connectivity index (χ0v) is 12.0. The Morgan fingerprint density at radius 3 is 2.67 bits per heavy atom. The third-order valence-electron chi connectivity index (χ3n) is 2.51. The molecule has 0 aliphatic heterocycles. The van der Waals surface area contributed by atoms with Crippen LogP contribution in [0.15, 0.2) is 12.3 Å². The van der Waals surface area contributed by atoms with E-state index in [9.17, 15) is 0 Å². The Labute approximate surface area is 110 Å². The van der Waals surface area contributed by atoms with E-state index in [0.717, 1.165) is 13.0 Å². The standard InChI is InChI=1S/C13H24N4O/c1-10(2)8-11(9-17(3)4)15-13-14-7-6-12(16-13)18-5/h6-7,10-11H,8-9H2,1-5H3,(H,14,15,16). The summed E-state index contributed by atoms with van der Waals surface area (Å²) in [6.45, 7) is 5.40. The summed E-state index contributed by atoms with van der Waals surface area (Å²) in [4.78, 5) is 10.7. The van der Waals surface area contributed by atoms with Crippen molar-refractivity contribution < 1.29 is 4.74 Å². The molecule has 0 saturated carbocycles. The minimum absolute atomic E-state index is 0.340. The fraction of sp³-hybridized carbons (Fsp3) is 0.692. The second kappa shape index (κ2) is 7.16. The maximum Gasteiger partial charge on any atom is 0.226 e. The topological polar surface area (TPSA) is 50.3 Å². The monoisotopic (exact) mass is 252 g/mol. The van der Waals surface area contributed by atoms with Gasteiger partial charge in [-0.25, -0.2) is 4.98 Å². The van der Waals surface area contributed by atoms with Crippen molar-refractivity contribution in [2.75, 3.05) is 33.1 Å². The van der Waals surface area contributed by atoms with Crippen LogP contribution in [0.3, 0.4) is 0 Å². The average Bonchev–Trinajstić information content (AvgIpc) is 2.27. The number of hydrogen-bond acceptors (Lipinski definition) is 5. The predicted octanol–water partition coefficient (Wildman–Crippen LogP) is 1.87. The van der Waals surface area contributed by atoms with Crippen molar-refractivity contribution in [3.05, 3.63) is 12.3 Å². The number of rotatable bonds is 7. The number of hydrogen-bond donors (Lipinski definition) is 1. The first-order valence-corrected chi connectivity index (χ1v) is 6.29. The molecule has 1 N–H and O–H groups in total. The van der Waals surface area contributed by atoms with Crippen LogP contribution < -0.4 is 10.1 Å². The van der Waals surface area contributed by atoms with Crippen molar-refractivity contribution in [1.29, 1.82) is 0 Å². The van der Waals surface area contributed by atoms with Gasteiger partial charge in [-0.2, -0.15) is 4.98 Å². The van der Waals surface area contributed by atoms with Gasteiger partial charge < -0.3 is 15.0 Å². The molecule has 0 fully saturated rings. The van der Waals surface area contributed by atoms with Crippen LogP contribution in [-0.2, 0) is 0 Å². The second-order valence-corrected chi connectivity index (χ2v) is 5.16. The molecule has 0 aromatic carbocycles. The van der Waals surface area contributed by atoms with E-state index in [2.05, 4.69) is 48.1 Å². The van der Waals surface area contributed by atoms with Gasteiger partial charge in [-0.05, 0) is 26.4 Å². The van der Waals surface area contributed by atoms with Gasteiger partial charge in [-0.1, -0.05) is 13.8 Å². The highest BCUT2D eigenvalue weighted by atomic mass is 16.5. The van der Waals surface area contributed by atoms with E-state index >= 15 is 0 Å². The highest BCUT2D eigenvalue weighted by molar-refractivity contribution is 5.28. The zero-order chi connectivity index (χ0) is 13.5. The van der Waals surface area contributed by atoms with Crippen LogP contribution in [0.1, 0.15) is 20.3 Å². The molecule has 0 radical (unpaired) electrons. The minimum Gasteiger partial charge on any atom is -0.481 e. The molecule has 0 spiro atoms. The Kier molecular flexibility index (Phi) is 5.85. The molecular formula is C13H24N4O. The maximum atomic E-state index is 5.10. The van der Waals surface area contributed by atoms with Crippen LogP contribution in [-0.4, -0.2) is 48.7 Å². The molecule has 18 heavy (non-hydrogen) atoms. The lowest BCUT2D eigenvalue weighted by molar-refractivity contribution is 0.355. The van der Waals surface area contributed by atoms with Crippen molar-refractivity contribution in [3.8, 4) is 5.88 Å². The largest absolute Gasteiger partial charge is 0.481 e. The lowest BCUT2D eigenvalue weighted by Crippen LogP contribution is -2.34. The fourth-order valence-electron chi connectivity index (χ4n) is 1.90. The molecule has 5 heteroatoms. The third kappa shape index (κ3) is 5.31. The molecular weight excluding hydrogens is 228 g/mol. The Bertz CT molecular complexity index is 345. The van der Waals surface area contributed by atoms with E-state index in [1.54, 1.807) is 19.4 Å². The summed E-state index contributed by atoms with van der Waals surface area (Å²) in [5, 5.41) is 3.37. The Morgan fingerprint density at radius 2 is 2.11 bits per heavy atom. The molecule has 1 rings (SSSR count). The highest BCUT2D eigenvalue weighted by Gasteiger charge is 2.13. The SMILES string of the molecule is COc1ccnc(NC(CC(C)C)CN(C)C)n1. The summed E-state index contributed by atoms with van der Waals surface area (Å²) in [7, 11) is 5.75. The van der Waals surface area contributed by atoms with Gasteiger partial charge in [0.2, 0.25) is 11.8 Å². The molecule has 0 amide bonds. The molecule has 1 unspecified atom stereocenters. The maximum absolute atomic E-state index is 5.10. The average molecular weight is 252 g/mol. The molecule has 0 bridgehead atoms. The van der Waals surface area contributed by atoms with Crippen molar-refractivity contribution in [1.82, 2.24) is 14.9 Å². The van der Waals surface area contributed by atoms with E-state index in [0.29, 0.717) is 23.8 Å². The van der Waals surface area contributed by atoms with Crippen molar-refractivity contribution in [2.45, 2.75) is 26.3 Å². The normalized spacial score (nSPS) is 12.8. The van der Waals surface area contributed by atoms with E-state index in [1.165, 1.54) is 0 Å². The number of anilines is 1. The smallest absolute Gasteiger partial charge is 0.226 e. The van der Waals surface area contributed by atoms with Crippen LogP contribution in [0, 0.1) is 5.92 Å². The van der Waals surface area contributed by atoms with Crippen LogP contribution in [0.5, 0.6) is 5.88 Å². The molecule has 1 heterocycles. The molecule has 0 saturated heterocycles. The van der Waals surface area contributed by atoms with E-state index in [1.807, 2.05) is 0 Å². The lowest BCUT2D eigenvalue weighted by atomic mass is 10.0. The van der Waals surface area contributed by atoms with Gasteiger partial charge in [0.25, 0.3) is 0 Å². The zero-order valence-electron chi connectivity index (χ0n) is 12.0. The minimum atomic E-state index is 0.340. The van der Waals surface area contributed by atoms with Gasteiger partial charge in [0.15, 0.2) is 0 Å². The summed E-state index contributed by atoms with van der Waals surface area (Å²) in [5.74, 6) is 1.84. The number of nitrogens with zero attached hydrogens (tertiary/aromatic N) is 3. The van der Waals surface area contributed by atoms with Crippen LogP contribution in [0.4, 0.5) is 5.95 Å². The van der Waals surface area contributed by atoms with Crippen LogP contribution in [0.2, 0.25) is 0 Å². The van der Waals surface area contributed by atoms with Gasteiger partial charge in [-0.3, -0.25) is 0 Å². The summed E-state index contributed by atoms with van der Waals surface area (Å²) >= 11 is 0. The third-order valence-corrected chi connectivity index (χ3v) is 2.51. The van der Waals surface area contributed by atoms with E-state index in [4.69, 9.17) is 4.74 Å². The number of likely N-dealkylation sites (N-methyl/N-ethyl adjacent to an activating group) is 1. The number of nitrogens with one attached hydrogen (secondary N) is 1. The highest BCUT2D eigenvalue weighted by Crippen LogP contribution is 2.12. The summed E-state index contributed by atoms with van der Waals surface area (Å²) in [6, 6.07) is 2.08. The predicted molar refractivity (Wildman–Crippen MR) is 74.0 cm³/mol. The second-order valence-electron chi connectivity index (χ2n) is 5.16. The van der Waals surface area contributed by atoms with E-state index in [-0.39, 0.29) is 0 Å². The summed E-state index contributed by atoms with van der Waals surface area (Å²) in [5.41, 5.74) is 0. The van der Waals surface area contributed by atoms with E-state index < -0.39 is 0 Å². The number of ether oxygens (including phenoxy) is 1. The summed E-state index contributed by atoms with van der Waals surface area (Å²) in [6.07, 6.45) is 2.79. The molecule has 5 nitrogen and oxygen atoms in total. The van der Waals surface area contributed by atoms with Crippen LogP contribution in [0.25, 0.3) is 0 Å². The fourth-order valence-corrected chi connectivity index (χ4v) is 1.90. The quantitative estimate of drug-likeness (QED) is 0.803. The van der Waals surface area contributed by atoms with Gasteiger partial charge in [0.1, 0.15) is 0 Å². The number of aromatic nitrogens is 2. The number of methoxy groups -OCH3 is 1. The van der Waals surface area contributed by atoms with Gasteiger partial charge >= 0.3 is 0 Å². The molecule has 1 aromatic heterocycles.